The number of thioether (sulfide) groups is 1. The van der Waals surface area contributed by atoms with Gasteiger partial charge in [0.15, 0.2) is 11.5 Å². The van der Waals surface area contributed by atoms with Gasteiger partial charge in [-0.2, -0.15) is 0 Å². The molecule has 1 aromatic carbocycles. The van der Waals surface area contributed by atoms with E-state index in [9.17, 15) is 4.79 Å². The summed E-state index contributed by atoms with van der Waals surface area (Å²) in [4.78, 5) is 14.4. The average Bonchev–Trinajstić information content (AvgIpc) is 2.96. The Morgan fingerprint density at radius 2 is 2.30 bits per heavy atom. The second kappa shape index (κ2) is 5.38. The number of thiocarbonyl (C=S) groups is 1. The monoisotopic (exact) mass is 371 g/mol. The lowest BCUT2D eigenvalue weighted by molar-refractivity contribution is -0.121. The number of hydrogen-bond acceptors (Lipinski definition) is 5. The first-order valence-electron chi connectivity index (χ1n) is 5.94. The zero-order chi connectivity index (χ0) is 14.3. The zero-order valence-corrected chi connectivity index (χ0v) is 13.7. The van der Waals surface area contributed by atoms with Crippen molar-refractivity contribution in [1.29, 1.82) is 0 Å². The number of carbonyl (C=O) groups excluding carboxylic acids is 1. The maximum Gasteiger partial charge on any atom is 0.266 e. The molecule has 0 saturated carbocycles. The number of halogens is 1. The highest BCUT2D eigenvalue weighted by atomic mass is 79.9. The van der Waals surface area contributed by atoms with E-state index in [1.807, 2.05) is 25.1 Å². The molecule has 2 aliphatic heterocycles. The van der Waals surface area contributed by atoms with Gasteiger partial charge in [0.25, 0.3) is 5.91 Å². The lowest BCUT2D eigenvalue weighted by Crippen LogP contribution is -2.27. The molecule has 1 saturated heterocycles. The van der Waals surface area contributed by atoms with Crippen LogP contribution in [0.25, 0.3) is 6.08 Å². The molecular formula is C13H10BrNO3S2. The Morgan fingerprint density at radius 3 is 3.00 bits per heavy atom. The second-order valence-corrected chi connectivity index (χ2v) is 6.69. The van der Waals surface area contributed by atoms with E-state index in [1.165, 1.54) is 11.8 Å². The molecule has 1 amide bonds. The van der Waals surface area contributed by atoms with Gasteiger partial charge in [-0.1, -0.05) is 24.0 Å². The topological polar surface area (TPSA) is 38.8 Å². The standard InChI is InChI=1S/C13H10BrNO3S2/c1-2-15-12(16)10(20-13(15)19)5-7-3-8(14)11-9(4-7)17-6-18-11/h3-5H,2,6H2,1H3/b10-5-. The summed E-state index contributed by atoms with van der Waals surface area (Å²) in [5, 5.41) is 0. The first-order valence-corrected chi connectivity index (χ1v) is 7.96. The van der Waals surface area contributed by atoms with Gasteiger partial charge in [-0.15, -0.1) is 0 Å². The number of rotatable bonds is 2. The SMILES string of the molecule is CCN1C(=O)/C(=C/c2cc(Br)c3c(c2)OCO3)SC1=S. The lowest BCUT2D eigenvalue weighted by atomic mass is 10.2. The molecule has 0 radical (unpaired) electrons. The van der Waals surface area contributed by atoms with Gasteiger partial charge in [0, 0.05) is 6.54 Å². The molecule has 3 rings (SSSR count). The third-order valence-corrected chi connectivity index (χ3v) is 4.90. The number of hydrogen-bond donors (Lipinski definition) is 0. The summed E-state index contributed by atoms with van der Waals surface area (Å²) >= 11 is 9.95. The van der Waals surface area contributed by atoms with Crippen LogP contribution >= 0.6 is 39.9 Å². The number of ether oxygens (including phenoxy) is 2. The summed E-state index contributed by atoms with van der Waals surface area (Å²) in [7, 11) is 0. The van der Waals surface area contributed by atoms with Crippen molar-refractivity contribution in [1.82, 2.24) is 4.90 Å². The van der Waals surface area contributed by atoms with Gasteiger partial charge in [-0.25, -0.2) is 0 Å². The fourth-order valence-electron chi connectivity index (χ4n) is 1.99. The van der Waals surface area contributed by atoms with Crippen molar-refractivity contribution in [3.63, 3.8) is 0 Å². The Kier molecular flexibility index (Phi) is 3.74. The van der Waals surface area contributed by atoms with E-state index in [-0.39, 0.29) is 12.7 Å². The Bertz CT molecular complexity index is 645. The third kappa shape index (κ3) is 2.34. The summed E-state index contributed by atoms with van der Waals surface area (Å²) in [5.41, 5.74) is 0.873. The number of fused-ring (bicyclic) bond motifs is 1. The van der Waals surface area contributed by atoms with Crippen LogP contribution in [0.15, 0.2) is 21.5 Å². The summed E-state index contributed by atoms with van der Waals surface area (Å²) in [5.74, 6) is 1.33. The molecule has 0 bridgehead atoms. The molecule has 0 unspecified atom stereocenters. The minimum atomic E-state index is -0.0451. The highest BCUT2D eigenvalue weighted by Crippen LogP contribution is 2.41. The Hall–Kier alpha value is -1.05. The zero-order valence-electron chi connectivity index (χ0n) is 10.5. The van der Waals surface area contributed by atoms with Crippen molar-refractivity contribution < 1.29 is 14.3 Å². The van der Waals surface area contributed by atoms with E-state index < -0.39 is 0 Å². The fraction of sp³-hybridized carbons (Fsp3) is 0.231. The summed E-state index contributed by atoms with van der Waals surface area (Å²) in [6.45, 7) is 2.72. The van der Waals surface area contributed by atoms with Gasteiger partial charge in [-0.05, 0) is 46.6 Å². The van der Waals surface area contributed by atoms with Gasteiger partial charge in [0.2, 0.25) is 6.79 Å². The van der Waals surface area contributed by atoms with Crippen LogP contribution in [0.5, 0.6) is 11.5 Å². The van der Waals surface area contributed by atoms with Crippen LogP contribution in [-0.2, 0) is 4.79 Å². The Morgan fingerprint density at radius 1 is 1.50 bits per heavy atom. The van der Waals surface area contributed by atoms with Gasteiger partial charge >= 0.3 is 0 Å². The molecule has 4 nitrogen and oxygen atoms in total. The highest BCUT2D eigenvalue weighted by Gasteiger charge is 2.30. The van der Waals surface area contributed by atoms with Crippen molar-refractivity contribution >= 4 is 56.2 Å². The number of nitrogens with zero attached hydrogens (tertiary/aromatic N) is 1. The second-order valence-electron chi connectivity index (χ2n) is 4.16. The van der Waals surface area contributed by atoms with Crippen LogP contribution in [0, 0.1) is 0 Å². The van der Waals surface area contributed by atoms with Gasteiger partial charge in [-0.3, -0.25) is 9.69 Å². The molecule has 2 aliphatic rings. The molecule has 104 valence electrons. The van der Waals surface area contributed by atoms with Crippen molar-refractivity contribution in [3.05, 3.63) is 27.1 Å². The van der Waals surface area contributed by atoms with Gasteiger partial charge in [0.1, 0.15) is 4.32 Å². The summed E-state index contributed by atoms with van der Waals surface area (Å²) in [6, 6.07) is 3.75. The van der Waals surface area contributed by atoms with E-state index in [0.717, 1.165) is 10.0 Å². The minimum absolute atomic E-state index is 0.0451. The van der Waals surface area contributed by atoms with E-state index in [4.69, 9.17) is 21.7 Å². The highest BCUT2D eigenvalue weighted by molar-refractivity contribution is 9.10. The third-order valence-electron chi connectivity index (χ3n) is 2.94. The first kappa shape index (κ1) is 13.9. The van der Waals surface area contributed by atoms with Crippen molar-refractivity contribution in [2.45, 2.75) is 6.92 Å². The normalized spacial score (nSPS) is 19.3. The lowest BCUT2D eigenvalue weighted by Gasteiger charge is -2.09. The van der Waals surface area contributed by atoms with Gasteiger partial charge in [0.05, 0.1) is 9.38 Å². The van der Waals surface area contributed by atoms with Crippen LogP contribution in [0.3, 0.4) is 0 Å². The number of likely N-dealkylation sites (N-methyl/N-ethyl adjacent to an activating group) is 1. The first-order chi connectivity index (χ1) is 9.60. The van der Waals surface area contributed by atoms with Crippen LogP contribution in [0.4, 0.5) is 0 Å². The largest absolute Gasteiger partial charge is 0.454 e. The molecule has 1 aromatic rings. The molecule has 20 heavy (non-hydrogen) atoms. The van der Waals surface area contributed by atoms with Crippen LogP contribution in [0.2, 0.25) is 0 Å². The van der Waals surface area contributed by atoms with Crippen LogP contribution < -0.4 is 9.47 Å². The Balaban J connectivity index is 1.96. The molecule has 0 aromatic heterocycles. The summed E-state index contributed by atoms with van der Waals surface area (Å²) in [6.07, 6.45) is 1.82. The van der Waals surface area contributed by atoms with Crippen LogP contribution in [0.1, 0.15) is 12.5 Å². The van der Waals surface area contributed by atoms with Crippen molar-refractivity contribution in [2.75, 3.05) is 13.3 Å². The smallest absolute Gasteiger partial charge is 0.266 e. The molecule has 0 spiro atoms. The molecule has 7 heteroatoms. The number of carbonyl (C=O) groups is 1. The van der Waals surface area contributed by atoms with Gasteiger partial charge < -0.3 is 9.47 Å². The quantitative estimate of drug-likeness (QED) is 0.588. The average molecular weight is 372 g/mol. The maximum atomic E-state index is 12.2. The van der Waals surface area contributed by atoms with Crippen LogP contribution in [-0.4, -0.2) is 28.5 Å². The molecule has 0 N–H and O–H groups in total. The van der Waals surface area contributed by atoms with Crippen molar-refractivity contribution in [2.24, 2.45) is 0 Å². The molecule has 0 atom stereocenters. The number of amides is 1. The van der Waals surface area contributed by atoms with E-state index in [2.05, 4.69) is 15.9 Å². The molecule has 1 fully saturated rings. The molecule has 0 aliphatic carbocycles. The maximum absolute atomic E-state index is 12.2. The number of benzene rings is 1. The Labute approximate surface area is 134 Å². The predicted molar refractivity (Wildman–Crippen MR) is 85.8 cm³/mol. The van der Waals surface area contributed by atoms with Crippen molar-refractivity contribution in [3.8, 4) is 11.5 Å². The fourth-order valence-corrected chi connectivity index (χ4v) is 3.95. The van der Waals surface area contributed by atoms with E-state index >= 15 is 0 Å². The van der Waals surface area contributed by atoms with E-state index in [1.54, 1.807) is 4.90 Å². The molecule has 2 heterocycles. The summed E-state index contributed by atoms with van der Waals surface area (Å²) < 4.78 is 12.1. The molecular weight excluding hydrogens is 362 g/mol. The van der Waals surface area contributed by atoms with E-state index in [0.29, 0.717) is 27.3 Å². The minimum Gasteiger partial charge on any atom is -0.454 e. The predicted octanol–water partition coefficient (Wildman–Crippen LogP) is 3.40.